The van der Waals surface area contributed by atoms with E-state index in [0.29, 0.717) is 36.2 Å². The molecule has 0 bridgehead atoms. The highest BCUT2D eigenvalue weighted by Crippen LogP contribution is 2.35. The maximum Gasteiger partial charge on any atom is 0.436 e. The molecule has 0 saturated carbocycles. The summed E-state index contributed by atoms with van der Waals surface area (Å²) in [5.41, 5.74) is -0.174. The monoisotopic (exact) mass is 484 g/mol. The molecule has 166 valence electrons. The van der Waals surface area contributed by atoms with Crippen molar-refractivity contribution in [2.75, 3.05) is 31.1 Å². The maximum atomic E-state index is 12.9. The highest BCUT2D eigenvalue weighted by molar-refractivity contribution is 6.42. The van der Waals surface area contributed by atoms with E-state index >= 15 is 0 Å². The number of amides is 1. The van der Waals surface area contributed by atoms with Crippen LogP contribution in [-0.2, 0) is 17.5 Å². The summed E-state index contributed by atoms with van der Waals surface area (Å²) in [6, 6.07) is 5.31. The van der Waals surface area contributed by atoms with Gasteiger partial charge in [-0.3, -0.25) is 9.48 Å². The maximum absolute atomic E-state index is 12.9. The first kappa shape index (κ1) is 24.6. The second-order valence-corrected chi connectivity index (χ2v) is 7.56. The van der Waals surface area contributed by atoms with Gasteiger partial charge in [0.15, 0.2) is 5.69 Å². The topological polar surface area (TPSA) is 41.4 Å². The van der Waals surface area contributed by atoms with Crippen molar-refractivity contribution in [1.29, 1.82) is 0 Å². The van der Waals surface area contributed by atoms with E-state index in [1.54, 1.807) is 17.0 Å². The normalized spacial score (nSPS) is 14.4. The molecule has 1 fully saturated rings. The summed E-state index contributed by atoms with van der Waals surface area (Å²) in [5.74, 6) is -0.315. The van der Waals surface area contributed by atoms with Crippen molar-refractivity contribution in [3.63, 3.8) is 0 Å². The molecule has 1 amide bonds. The van der Waals surface area contributed by atoms with Crippen LogP contribution >= 0.6 is 34.8 Å². The molecule has 1 aromatic carbocycles. The Hall–Kier alpha value is -1.64. The average Bonchev–Trinajstić information content (AvgIpc) is 3.00. The van der Waals surface area contributed by atoms with Crippen LogP contribution in [0.4, 0.5) is 18.9 Å². The number of hydrogen-bond acceptors (Lipinski definition) is 3. The van der Waals surface area contributed by atoms with Gasteiger partial charge in [-0.15, -0.1) is 0 Å². The van der Waals surface area contributed by atoms with Crippen molar-refractivity contribution in [2.24, 2.45) is 0 Å². The molecule has 1 aliphatic heterocycles. The van der Waals surface area contributed by atoms with Crippen molar-refractivity contribution in [3.8, 4) is 0 Å². The third-order valence-electron chi connectivity index (χ3n) is 4.59. The lowest BCUT2D eigenvalue weighted by molar-refractivity contribution is -0.142. The summed E-state index contributed by atoms with van der Waals surface area (Å²) in [5, 5.41) is 3.90. The number of rotatable bonds is 3. The minimum Gasteiger partial charge on any atom is -0.368 e. The van der Waals surface area contributed by atoms with Crippen molar-refractivity contribution in [3.05, 3.63) is 44.7 Å². The highest BCUT2D eigenvalue weighted by Gasteiger charge is 2.38. The highest BCUT2D eigenvalue weighted by atomic mass is 35.5. The molecule has 1 saturated heterocycles. The van der Waals surface area contributed by atoms with Crippen LogP contribution in [0.25, 0.3) is 0 Å². The molecule has 0 N–H and O–H groups in total. The van der Waals surface area contributed by atoms with Crippen LogP contribution in [0.1, 0.15) is 25.2 Å². The van der Waals surface area contributed by atoms with Crippen LogP contribution in [0.3, 0.4) is 0 Å². The molecular weight excluding hydrogens is 464 g/mol. The molecule has 0 atom stereocenters. The van der Waals surface area contributed by atoms with E-state index < -0.39 is 16.9 Å². The minimum absolute atomic E-state index is 0.108. The van der Waals surface area contributed by atoms with E-state index in [9.17, 15) is 18.0 Å². The van der Waals surface area contributed by atoms with Crippen LogP contribution in [0.2, 0.25) is 15.1 Å². The summed E-state index contributed by atoms with van der Waals surface area (Å²) >= 11 is 17.7. The first-order valence-corrected chi connectivity index (χ1v) is 10.5. The molecule has 11 heteroatoms. The Morgan fingerprint density at radius 3 is 2.17 bits per heavy atom. The Kier molecular flexibility index (Phi) is 8.30. The third kappa shape index (κ3) is 5.53. The zero-order valence-corrected chi connectivity index (χ0v) is 19.0. The summed E-state index contributed by atoms with van der Waals surface area (Å²) in [7, 11) is 0. The lowest BCUT2D eigenvalue weighted by Crippen LogP contribution is -2.49. The largest absolute Gasteiger partial charge is 0.436 e. The van der Waals surface area contributed by atoms with Gasteiger partial charge in [-0.1, -0.05) is 48.7 Å². The van der Waals surface area contributed by atoms with Gasteiger partial charge in [-0.25, -0.2) is 0 Å². The summed E-state index contributed by atoms with van der Waals surface area (Å²) < 4.78 is 39.7. The fourth-order valence-corrected chi connectivity index (χ4v) is 3.52. The Labute approximate surface area is 188 Å². The number of nitrogens with zero attached hydrogens (tertiary/aromatic N) is 4. The second kappa shape index (κ2) is 10.1. The molecule has 3 rings (SSSR count). The van der Waals surface area contributed by atoms with Crippen molar-refractivity contribution in [2.45, 2.75) is 33.5 Å². The summed E-state index contributed by atoms with van der Waals surface area (Å²) in [4.78, 5) is 16.2. The van der Waals surface area contributed by atoms with Gasteiger partial charge in [-0.2, -0.15) is 18.3 Å². The first-order valence-electron chi connectivity index (χ1n) is 9.36. The number of halogens is 6. The summed E-state index contributed by atoms with van der Waals surface area (Å²) in [6.45, 7) is 7.10. The SMILES string of the molecule is CC.Cc1c(Cl)c(C(F)(F)F)nn1CC(=O)N1CCN(c2ccc(Cl)c(Cl)c2)CC1. The molecule has 0 radical (unpaired) electrons. The first-order chi connectivity index (χ1) is 14.1. The van der Waals surface area contributed by atoms with E-state index in [2.05, 4.69) is 10.00 Å². The van der Waals surface area contributed by atoms with Gasteiger partial charge in [0.2, 0.25) is 5.91 Å². The lowest BCUT2D eigenvalue weighted by Gasteiger charge is -2.36. The smallest absolute Gasteiger partial charge is 0.368 e. The van der Waals surface area contributed by atoms with Crippen LogP contribution in [0, 0.1) is 6.92 Å². The molecule has 2 aromatic rings. The van der Waals surface area contributed by atoms with Gasteiger partial charge in [-0.05, 0) is 25.1 Å². The number of carbonyl (C=O) groups excluding carboxylic acids is 1. The van der Waals surface area contributed by atoms with E-state index in [1.807, 2.05) is 19.9 Å². The van der Waals surface area contributed by atoms with Gasteiger partial charge >= 0.3 is 6.18 Å². The molecule has 30 heavy (non-hydrogen) atoms. The van der Waals surface area contributed by atoms with Gasteiger partial charge in [0.1, 0.15) is 6.54 Å². The van der Waals surface area contributed by atoms with Crippen LogP contribution < -0.4 is 4.90 Å². The van der Waals surface area contributed by atoms with E-state index in [0.717, 1.165) is 10.4 Å². The zero-order chi connectivity index (χ0) is 22.6. The fraction of sp³-hybridized carbons (Fsp3) is 0.474. The third-order valence-corrected chi connectivity index (χ3v) is 5.78. The van der Waals surface area contributed by atoms with Gasteiger partial charge in [0, 0.05) is 31.9 Å². The van der Waals surface area contributed by atoms with Gasteiger partial charge < -0.3 is 9.80 Å². The summed E-state index contributed by atoms with van der Waals surface area (Å²) in [6.07, 6.45) is -4.67. The van der Waals surface area contributed by atoms with Crippen molar-refractivity contribution < 1.29 is 18.0 Å². The van der Waals surface area contributed by atoms with Crippen LogP contribution in [-0.4, -0.2) is 46.8 Å². The van der Waals surface area contributed by atoms with Crippen LogP contribution in [0.5, 0.6) is 0 Å². The standard InChI is InChI=1S/C17H16Cl3F3N4O.C2H6/c1-10-15(20)16(17(21,22)23)24-27(10)9-14(28)26-6-4-25(5-7-26)11-2-3-12(18)13(19)8-11;1-2/h2-3,8H,4-7,9H2,1H3;1-2H3. The molecular formula is C19H22Cl3F3N4O. The molecule has 0 spiro atoms. The van der Waals surface area contributed by atoms with Crippen LogP contribution in [0.15, 0.2) is 18.2 Å². The second-order valence-electron chi connectivity index (χ2n) is 6.37. The quantitative estimate of drug-likeness (QED) is 0.573. The van der Waals surface area contributed by atoms with E-state index in [-0.39, 0.29) is 18.1 Å². The number of alkyl halides is 3. The van der Waals surface area contributed by atoms with Gasteiger partial charge in [0.25, 0.3) is 0 Å². The molecule has 2 heterocycles. The van der Waals surface area contributed by atoms with Gasteiger partial charge in [0.05, 0.1) is 20.8 Å². The average molecular weight is 486 g/mol. The number of hydrogen-bond donors (Lipinski definition) is 0. The minimum atomic E-state index is -4.67. The zero-order valence-electron chi connectivity index (χ0n) is 16.7. The molecule has 0 aliphatic carbocycles. The number of benzene rings is 1. The molecule has 5 nitrogen and oxygen atoms in total. The number of anilines is 1. The Balaban J connectivity index is 0.00000155. The fourth-order valence-electron chi connectivity index (χ4n) is 2.98. The molecule has 0 unspecified atom stereocenters. The van der Waals surface area contributed by atoms with Crippen molar-refractivity contribution in [1.82, 2.24) is 14.7 Å². The Bertz CT molecular complexity index is 894. The number of aromatic nitrogens is 2. The number of piperazine rings is 1. The Morgan fingerprint density at radius 1 is 1.07 bits per heavy atom. The Morgan fingerprint density at radius 2 is 1.67 bits per heavy atom. The lowest BCUT2D eigenvalue weighted by atomic mass is 10.2. The predicted molar refractivity (Wildman–Crippen MR) is 114 cm³/mol. The molecule has 1 aliphatic rings. The van der Waals surface area contributed by atoms with E-state index in [1.165, 1.54) is 6.92 Å². The van der Waals surface area contributed by atoms with E-state index in [4.69, 9.17) is 34.8 Å². The number of carbonyl (C=O) groups is 1. The van der Waals surface area contributed by atoms with Crippen molar-refractivity contribution >= 4 is 46.4 Å². The predicted octanol–water partition coefficient (Wildman–Crippen LogP) is 5.55. The molecule has 1 aromatic heterocycles.